The smallest absolute Gasteiger partial charge is 0.200 e. The van der Waals surface area contributed by atoms with Crippen LogP contribution < -0.4 is 0 Å². The quantitative estimate of drug-likeness (QED) is 0.627. The molecule has 2 heteroatoms. The fourth-order valence-electron chi connectivity index (χ4n) is 1.98. The van der Waals surface area contributed by atoms with Gasteiger partial charge in [0, 0.05) is 12.3 Å². The molecule has 0 atom stereocenters. The van der Waals surface area contributed by atoms with E-state index in [-0.39, 0.29) is 11.7 Å². The van der Waals surface area contributed by atoms with E-state index in [0.717, 1.165) is 19.3 Å². The van der Waals surface area contributed by atoms with E-state index in [9.17, 15) is 4.79 Å². The first-order chi connectivity index (χ1) is 5.88. The van der Waals surface area contributed by atoms with Gasteiger partial charge >= 0.3 is 0 Å². The molecule has 66 valence electrons. The Bertz CT molecular complexity index is 212. The van der Waals surface area contributed by atoms with Crippen LogP contribution in [-0.4, -0.2) is 12.4 Å². The van der Waals surface area contributed by atoms with E-state index in [1.807, 2.05) is 6.08 Å². The lowest BCUT2D eigenvalue weighted by molar-refractivity contribution is -0.122. The largest absolute Gasteiger partial charge is 0.490 e. The molecule has 0 spiro atoms. The van der Waals surface area contributed by atoms with Crippen LogP contribution in [0.4, 0.5) is 0 Å². The highest BCUT2D eigenvalue weighted by atomic mass is 16.5. The molecule has 0 saturated heterocycles. The van der Waals surface area contributed by atoms with E-state index in [0.29, 0.717) is 12.4 Å². The van der Waals surface area contributed by atoms with E-state index in [1.165, 1.54) is 12.8 Å². The second-order valence-electron chi connectivity index (χ2n) is 3.55. The van der Waals surface area contributed by atoms with Crippen molar-refractivity contribution in [3.05, 3.63) is 11.8 Å². The summed E-state index contributed by atoms with van der Waals surface area (Å²) < 4.78 is 5.24. The minimum atomic E-state index is 0.255. The van der Waals surface area contributed by atoms with Crippen LogP contribution in [0.1, 0.15) is 32.1 Å². The van der Waals surface area contributed by atoms with Gasteiger partial charge in [-0.3, -0.25) is 4.79 Å². The molecule has 0 N–H and O–H groups in total. The number of allylic oxidation sites excluding steroid dienone is 1. The van der Waals surface area contributed by atoms with Crippen molar-refractivity contribution in [3.63, 3.8) is 0 Å². The summed E-state index contributed by atoms with van der Waals surface area (Å²) in [6.45, 7) is 0.702. The Morgan fingerprint density at radius 2 is 2.17 bits per heavy atom. The van der Waals surface area contributed by atoms with E-state index in [4.69, 9.17) is 4.74 Å². The molecule has 1 aliphatic carbocycles. The third-order valence-electron chi connectivity index (χ3n) is 2.67. The molecule has 12 heavy (non-hydrogen) atoms. The monoisotopic (exact) mass is 166 g/mol. The van der Waals surface area contributed by atoms with Crippen LogP contribution >= 0.6 is 0 Å². The first-order valence-electron chi connectivity index (χ1n) is 4.75. The zero-order valence-corrected chi connectivity index (χ0v) is 7.21. The van der Waals surface area contributed by atoms with Gasteiger partial charge in [-0.15, -0.1) is 0 Å². The molecule has 0 amide bonds. The molecule has 0 bridgehead atoms. The summed E-state index contributed by atoms with van der Waals surface area (Å²) >= 11 is 0. The number of ketones is 1. The summed E-state index contributed by atoms with van der Waals surface area (Å²) in [6, 6.07) is 0. The van der Waals surface area contributed by atoms with Crippen LogP contribution in [0.25, 0.3) is 0 Å². The van der Waals surface area contributed by atoms with E-state index >= 15 is 0 Å². The molecular weight excluding hydrogens is 152 g/mol. The number of hydrogen-bond acceptors (Lipinski definition) is 2. The zero-order chi connectivity index (χ0) is 8.39. The van der Waals surface area contributed by atoms with Gasteiger partial charge < -0.3 is 4.74 Å². The fourth-order valence-corrected chi connectivity index (χ4v) is 1.98. The number of hydrogen-bond donors (Lipinski definition) is 0. The lowest BCUT2D eigenvalue weighted by Crippen LogP contribution is -2.13. The molecular formula is C10H14O2. The summed E-state index contributed by atoms with van der Waals surface area (Å²) in [7, 11) is 0. The molecule has 0 unspecified atom stereocenters. The van der Waals surface area contributed by atoms with Gasteiger partial charge in [-0.1, -0.05) is 12.8 Å². The second-order valence-corrected chi connectivity index (χ2v) is 3.55. The Morgan fingerprint density at radius 1 is 1.42 bits per heavy atom. The van der Waals surface area contributed by atoms with Gasteiger partial charge in [0.2, 0.25) is 0 Å². The van der Waals surface area contributed by atoms with E-state index in [1.54, 1.807) is 0 Å². The highest BCUT2D eigenvalue weighted by molar-refractivity contribution is 5.95. The molecule has 0 radical (unpaired) electrons. The van der Waals surface area contributed by atoms with Crippen LogP contribution in [-0.2, 0) is 9.53 Å². The lowest BCUT2D eigenvalue weighted by atomic mass is 10.0. The summed E-state index contributed by atoms with van der Waals surface area (Å²) in [5.74, 6) is 1.17. The van der Waals surface area contributed by atoms with Crippen molar-refractivity contribution >= 4 is 5.78 Å². The number of carbonyl (C=O) groups is 1. The van der Waals surface area contributed by atoms with Crippen LogP contribution in [0.15, 0.2) is 11.8 Å². The van der Waals surface area contributed by atoms with Crippen molar-refractivity contribution < 1.29 is 9.53 Å². The predicted octanol–water partition coefficient (Wildman–Crippen LogP) is 2.05. The topological polar surface area (TPSA) is 26.3 Å². The SMILES string of the molecule is O=C(C1=CCCO1)C1CCCC1. The Balaban J connectivity index is 1.98. The first kappa shape index (κ1) is 7.84. The maximum absolute atomic E-state index is 11.7. The molecule has 0 aromatic carbocycles. The van der Waals surface area contributed by atoms with Crippen molar-refractivity contribution in [2.75, 3.05) is 6.61 Å². The molecule has 0 aromatic rings. The molecule has 1 saturated carbocycles. The Hall–Kier alpha value is -0.790. The van der Waals surface area contributed by atoms with Gasteiger partial charge in [-0.25, -0.2) is 0 Å². The highest BCUT2D eigenvalue weighted by Gasteiger charge is 2.27. The summed E-state index contributed by atoms with van der Waals surface area (Å²) in [6.07, 6.45) is 7.40. The maximum Gasteiger partial charge on any atom is 0.200 e. The number of rotatable bonds is 2. The van der Waals surface area contributed by atoms with Crippen LogP contribution in [0.2, 0.25) is 0 Å². The number of ether oxygens (including phenoxy) is 1. The van der Waals surface area contributed by atoms with Crippen molar-refractivity contribution in [3.8, 4) is 0 Å². The molecule has 0 aromatic heterocycles. The van der Waals surface area contributed by atoms with Crippen molar-refractivity contribution in [1.82, 2.24) is 0 Å². The number of Topliss-reactive ketones (excluding diaryl/α,β-unsaturated/α-hetero) is 1. The van der Waals surface area contributed by atoms with Gasteiger partial charge in [0.25, 0.3) is 0 Å². The first-order valence-corrected chi connectivity index (χ1v) is 4.75. The Kier molecular flexibility index (Phi) is 2.15. The van der Waals surface area contributed by atoms with Crippen LogP contribution in [0, 0.1) is 5.92 Å². The van der Waals surface area contributed by atoms with Crippen molar-refractivity contribution in [2.24, 2.45) is 5.92 Å². The van der Waals surface area contributed by atoms with Gasteiger partial charge in [0.15, 0.2) is 11.5 Å². The van der Waals surface area contributed by atoms with Crippen molar-refractivity contribution in [2.45, 2.75) is 32.1 Å². The van der Waals surface area contributed by atoms with Crippen LogP contribution in [0.3, 0.4) is 0 Å². The Morgan fingerprint density at radius 3 is 2.75 bits per heavy atom. The predicted molar refractivity (Wildman–Crippen MR) is 45.6 cm³/mol. The second kappa shape index (κ2) is 3.30. The third kappa shape index (κ3) is 1.38. The van der Waals surface area contributed by atoms with Gasteiger partial charge in [-0.05, 0) is 18.9 Å². The molecule has 1 aliphatic heterocycles. The average Bonchev–Trinajstić information content (AvgIpc) is 2.77. The number of carbonyl (C=O) groups excluding carboxylic acids is 1. The third-order valence-corrected chi connectivity index (χ3v) is 2.67. The Labute approximate surface area is 72.6 Å². The summed E-state index contributed by atoms with van der Waals surface area (Å²) in [5, 5.41) is 0. The maximum atomic E-state index is 11.7. The van der Waals surface area contributed by atoms with Gasteiger partial charge in [0.05, 0.1) is 6.61 Å². The van der Waals surface area contributed by atoms with Crippen LogP contribution in [0.5, 0.6) is 0 Å². The summed E-state index contributed by atoms with van der Waals surface area (Å²) in [4.78, 5) is 11.7. The minimum Gasteiger partial charge on any atom is -0.490 e. The fraction of sp³-hybridized carbons (Fsp3) is 0.700. The van der Waals surface area contributed by atoms with Crippen molar-refractivity contribution in [1.29, 1.82) is 0 Å². The standard InChI is InChI=1S/C10H14O2/c11-10(8-4-1-2-5-8)9-6-3-7-12-9/h6,8H,1-5,7H2. The van der Waals surface area contributed by atoms with E-state index in [2.05, 4.69) is 0 Å². The minimum absolute atomic E-state index is 0.255. The van der Waals surface area contributed by atoms with E-state index < -0.39 is 0 Å². The zero-order valence-electron chi connectivity index (χ0n) is 7.21. The van der Waals surface area contributed by atoms with Gasteiger partial charge in [0.1, 0.15) is 0 Å². The molecule has 2 nitrogen and oxygen atoms in total. The molecule has 1 fully saturated rings. The molecule has 2 rings (SSSR count). The van der Waals surface area contributed by atoms with Gasteiger partial charge in [-0.2, -0.15) is 0 Å². The molecule has 2 aliphatic rings. The normalized spacial score (nSPS) is 23.8. The summed E-state index contributed by atoms with van der Waals surface area (Å²) in [5.41, 5.74) is 0. The average molecular weight is 166 g/mol. The lowest BCUT2D eigenvalue weighted by Gasteiger charge is -2.07. The molecule has 1 heterocycles. The highest BCUT2D eigenvalue weighted by Crippen LogP contribution is 2.29.